The maximum absolute atomic E-state index is 12.0. The molecule has 1 atom stereocenters. The summed E-state index contributed by atoms with van der Waals surface area (Å²) >= 11 is 0. The minimum absolute atomic E-state index is 0.479. The molecule has 2 aromatic rings. The lowest BCUT2D eigenvalue weighted by molar-refractivity contribution is -0.143. The number of carboxylic acids is 1. The topological polar surface area (TPSA) is 91.3 Å². The zero-order valence-electron chi connectivity index (χ0n) is 23.8. The van der Waals surface area contributed by atoms with E-state index in [0.29, 0.717) is 13.0 Å². The quantitative estimate of drug-likeness (QED) is 0.308. The number of rotatable bonds is 18. The standard InChI is InChI=1S/C29H47N7O2/c1-5-16-35(17-6-2)18-7-8-26(29(37)38)34(4)20-24-9-11-25(12-10-24)21-36(22-27-30-13-14-31-27)23-28-32-15-19-33(28)3/h9-14,26H,5-8,15-23H2,1-4H3,(H,30,31)(H,37,38)/t26-/m1/s1. The third-order valence-corrected chi connectivity index (χ3v) is 7.17. The summed E-state index contributed by atoms with van der Waals surface area (Å²) in [7, 11) is 4.02. The molecule has 0 saturated carbocycles. The van der Waals surface area contributed by atoms with E-state index in [-0.39, 0.29) is 0 Å². The first kappa shape index (κ1) is 29.8. The molecule has 1 aromatic carbocycles. The molecule has 1 aliphatic rings. The van der Waals surface area contributed by atoms with E-state index in [1.165, 1.54) is 5.56 Å². The molecular weight excluding hydrogens is 478 g/mol. The summed E-state index contributed by atoms with van der Waals surface area (Å²) in [5.74, 6) is 1.31. The number of carboxylic acid groups (broad SMARTS) is 1. The highest BCUT2D eigenvalue weighted by Crippen LogP contribution is 2.15. The van der Waals surface area contributed by atoms with Crippen molar-refractivity contribution in [3.63, 3.8) is 0 Å². The van der Waals surface area contributed by atoms with Crippen LogP contribution in [0.3, 0.4) is 0 Å². The lowest BCUT2D eigenvalue weighted by Gasteiger charge is -2.27. The van der Waals surface area contributed by atoms with Gasteiger partial charge in [-0.3, -0.25) is 19.6 Å². The van der Waals surface area contributed by atoms with E-state index >= 15 is 0 Å². The monoisotopic (exact) mass is 525 g/mol. The third-order valence-electron chi connectivity index (χ3n) is 7.17. The number of likely N-dealkylation sites (N-methyl/N-ethyl adjacent to an activating group) is 2. The average molecular weight is 526 g/mol. The first-order valence-corrected chi connectivity index (χ1v) is 14.1. The van der Waals surface area contributed by atoms with Crippen LogP contribution in [-0.4, -0.2) is 106 Å². The number of amidine groups is 1. The first-order chi connectivity index (χ1) is 18.4. The molecular formula is C29H47N7O2. The predicted octanol–water partition coefficient (Wildman–Crippen LogP) is 3.54. The van der Waals surface area contributed by atoms with E-state index in [0.717, 1.165) is 88.8 Å². The van der Waals surface area contributed by atoms with Crippen molar-refractivity contribution in [1.29, 1.82) is 0 Å². The fourth-order valence-corrected chi connectivity index (χ4v) is 5.13. The minimum atomic E-state index is -0.741. The maximum atomic E-state index is 12.0. The Hall–Kier alpha value is -2.75. The summed E-state index contributed by atoms with van der Waals surface area (Å²) in [5.41, 5.74) is 2.34. The Balaban J connectivity index is 1.56. The van der Waals surface area contributed by atoms with Gasteiger partial charge in [0, 0.05) is 39.1 Å². The van der Waals surface area contributed by atoms with Crippen LogP contribution in [-0.2, 0) is 24.4 Å². The van der Waals surface area contributed by atoms with Crippen LogP contribution in [0.25, 0.3) is 0 Å². The molecule has 38 heavy (non-hydrogen) atoms. The number of aromatic nitrogens is 2. The Morgan fingerprint density at radius 2 is 1.71 bits per heavy atom. The number of H-pyrrole nitrogens is 1. The molecule has 0 saturated heterocycles. The molecule has 1 aromatic heterocycles. The second-order valence-corrected chi connectivity index (χ2v) is 10.5. The van der Waals surface area contributed by atoms with Crippen LogP contribution in [0, 0.1) is 0 Å². The number of hydrogen-bond acceptors (Lipinski definition) is 7. The summed E-state index contributed by atoms with van der Waals surface area (Å²) in [6.45, 7) is 12.2. The van der Waals surface area contributed by atoms with Crippen molar-refractivity contribution in [3.05, 3.63) is 53.6 Å². The molecule has 0 aliphatic carbocycles. The number of aliphatic carboxylic acids is 1. The minimum Gasteiger partial charge on any atom is -0.480 e. The van der Waals surface area contributed by atoms with Crippen LogP contribution in [0.2, 0.25) is 0 Å². The fraction of sp³-hybridized carbons (Fsp3) is 0.621. The van der Waals surface area contributed by atoms with E-state index in [4.69, 9.17) is 0 Å². The largest absolute Gasteiger partial charge is 0.480 e. The SMILES string of the molecule is CCCN(CCC)CCC[C@H](C(=O)O)N(C)Cc1ccc(CN(CC2=NCCN2C)Cc2ncc[nH]2)cc1. The highest BCUT2D eigenvalue weighted by atomic mass is 16.4. The van der Waals surface area contributed by atoms with Gasteiger partial charge in [0.05, 0.1) is 19.6 Å². The molecule has 0 unspecified atom stereocenters. The molecule has 9 nitrogen and oxygen atoms in total. The van der Waals surface area contributed by atoms with Gasteiger partial charge in [-0.25, -0.2) is 4.98 Å². The molecule has 0 fully saturated rings. The summed E-state index contributed by atoms with van der Waals surface area (Å²) in [6, 6.07) is 8.08. The number of carbonyl (C=O) groups is 1. The van der Waals surface area contributed by atoms with E-state index in [1.807, 2.05) is 18.1 Å². The number of nitrogens with one attached hydrogen (secondary N) is 1. The number of aliphatic imine (C=N–C) groups is 1. The normalized spacial score (nSPS) is 14.6. The van der Waals surface area contributed by atoms with Gasteiger partial charge >= 0.3 is 5.97 Å². The summed E-state index contributed by atoms with van der Waals surface area (Å²) in [4.78, 5) is 33.3. The lowest BCUT2D eigenvalue weighted by Crippen LogP contribution is -2.39. The smallest absolute Gasteiger partial charge is 0.320 e. The van der Waals surface area contributed by atoms with Gasteiger partial charge in [-0.05, 0) is 63.5 Å². The molecule has 0 bridgehead atoms. The van der Waals surface area contributed by atoms with E-state index in [2.05, 4.69) is 74.8 Å². The number of benzene rings is 1. The van der Waals surface area contributed by atoms with Crippen LogP contribution in [0.1, 0.15) is 56.5 Å². The highest BCUT2D eigenvalue weighted by molar-refractivity contribution is 5.85. The molecule has 0 amide bonds. The summed E-state index contributed by atoms with van der Waals surface area (Å²) in [5, 5.41) is 9.90. The Bertz CT molecular complexity index is 971. The Morgan fingerprint density at radius 1 is 1.03 bits per heavy atom. The van der Waals surface area contributed by atoms with Crippen molar-refractivity contribution >= 4 is 11.8 Å². The van der Waals surface area contributed by atoms with E-state index in [9.17, 15) is 9.90 Å². The van der Waals surface area contributed by atoms with Gasteiger partial charge < -0.3 is 19.9 Å². The third kappa shape index (κ3) is 9.53. The van der Waals surface area contributed by atoms with Crippen LogP contribution in [0.15, 0.2) is 41.7 Å². The second-order valence-electron chi connectivity index (χ2n) is 10.5. The van der Waals surface area contributed by atoms with Gasteiger partial charge in [-0.15, -0.1) is 0 Å². The van der Waals surface area contributed by atoms with Crippen LogP contribution in [0.5, 0.6) is 0 Å². The number of hydrogen-bond donors (Lipinski definition) is 2. The predicted molar refractivity (Wildman–Crippen MR) is 153 cm³/mol. The number of nitrogens with zero attached hydrogens (tertiary/aromatic N) is 6. The average Bonchev–Trinajstić information content (AvgIpc) is 3.54. The first-order valence-electron chi connectivity index (χ1n) is 14.1. The lowest BCUT2D eigenvalue weighted by atomic mass is 10.1. The molecule has 210 valence electrons. The second kappa shape index (κ2) is 15.6. The van der Waals surface area contributed by atoms with Gasteiger partial charge in [-0.1, -0.05) is 38.1 Å². The van der Waals surface area contributed by atoms with Crippen molar-refractivity contribution < 1.29 is 9.90 Å². The molecule has 9 heteroatoms. The zero-order chi connectivity index (χ0) is 27.3. The number of aromatic amines is 1. The molecule has 0 radical (unpaired) electrons. The Kier molecular flexibility index (Phi) is 12.2. The highest BCUT2D eigenvalue weighted by Gasteiger charge is 2.23. The van der Waals surface area contributed by atoms with Gasteiger partial charge in [0.25, 0.3) is 0 Å². The van der Waals surface area contributed by atoms with Crippen LogP contribution < -0.4 is 0 Å². The van der Waals surface area contributed by atoms with Gasteiger partial charge in [-0.2, -0.15) is 0 Å². The number of imidazole rings is 1. The molecule has 0 spiro atoms. The van der Waals surface area contributed by atoms with Crippen LogP contribution in [0.4, 0.5) is 0 Å². The van der Waals surface area contributed by atoms with Crippen molar-refractivity contribution in [2.24, 2.45) is 4.99 Å². The zero-order valence-corrected chi connectivity index (χ0v) is 23.8. The van der Waals surface area contributed by atoms with Gasteiger partial charge in [0.15, 0.2) is 0 Å². The summed E-state index contributed by atoms with van der Waals surface area (Å²) < 4.78 is 0. The molecule has 1 aliphatic heterocycles. The molecule has 2 heterocycles. The molecule has 2 N–H and O–H groups in total. The van der Waals surface area contributed by atoms with Crippen molar-refractivity contribution in [2.45, 2.75) is 65.2 Å². The van der Waals surface area contributed by atoms with Crippen molar-refractivity contribution in [1.82, 2.24) is 29.6 Å². The van der Waals surface area contributed by atoms with Crippen molar-refractivity contribution in [2.75, 3.05) is 53.4 Å². The Morgan fingerprint density at radius 3 is 2.26 bits per heavy atom. The van der Waals surface area contributed by atoms with E-state index < -0.39 is 12.0 Å². The maximum Gasteiger partial charge on any atom is 0.320 e. The van der Waals surface area contributed by atoms with Crippen LogP contribution >= 0.6 is 0 Å². The fourth-order valence-electron chi connectivity index (χ4n) is 5.13. The summed E-state index contributed by atoms with van der Waals surface area (Å²) in [6.07, 6.45) is 7.46. The van der Waals surface area contributed by atoms with Gasteiger partial charge in [0.1, 0.15) is 17.7 Å². The van der Waals surface area contributed by atoms with Gasteiger partial charge in [0.2, 0.25) is 0 Å². The Labute approximate surface area is 228 Å². The molecule has 3 rings (SSSR count). The van der Waals surface area contributed by atoms with E-state index in [1.54, 1.807) is 6.20 Å². The van der Waals surface area contributed by atoms with Crippen molar-refractivity contribution in [3.8, 4) is 0 Å².